The molecule has 1 unspecified atom stereocenters. The highest BCUT2D eigenvalue weighted by Gasteiger charge is 2.49. The summed E-state index contributed by atoms with van der Waals surface area (Å²) in [5, 5.41) is 9.67. The minimum absolute atomic E-state index is 0.0320. The molecule has 0 spiro atoms. The van der Waals surface area contributed by atoms with E-state index in [0.717, 1.165) is 18.4 Å². The van der Waals surface area contributed by atoms with Gasteiger partial charge in [-0.05, 0) is 56.3 Å². The molecule has 2 aromatic rings. The molecular formula is C27H37FN2O6Si. The summed E-state index contributed by atoms with van der Waals surface area (Å²) in [4.78, 5) is 27.7. The number of carbonyl (C=O) groups is 1. The average molecular weight is 533 g/mol. The van der Waals surface area contributed by atoms with Crippen LogP contribution in [0.3, 0.4) is 0 Å². The first kappa shape index (κ1) is 27.3. The number of rotatable bonds is 8. The summed E-state index contributed by atoms with van der Waals surface area (Å²) in [6.07, 6.45) is 2.32. The van der Waals surface area contributed by atoms with Gasteiger partial charge in [0.1, 0.15) is 11.9 Å². The molecule has 5 atom stereocenters. The van der Waals surface area contributed by atoms with E-state index in [-0.39, 0.29) is 42.2 Å². The number of halogens is 1. The summed E-state index contributed by atoms with van der Waals surface area (Å²) in [6, 6.07) is 8.54. The maximum Gasteiger partial charge on any atom is 0.297 e. The fourth-order valence-electron chi connectivity index (χ4n) is 5.76. The Bertz CT molecular complexity index is 1180. The maximum atomic E-state index is 15.8. The van der Waals surface area contributed by atoms with Gasteiger partial charge in [0.15, 0.2) is 5.75 Å². The van der Waals surface area contributed by atoms with Crippen LogP contribution >= 0.6 is 0 Å². The van der Waals surface area contributed by atoms with Gasteiger partial charge in [-0.3, -0.25) is 14.2 Å². The van der Waals surface area contributed by atoms with Gasteiger partial charge in [-0.1, -0.05) is 6.92 Å². The lowest BCUT2D eigenvalue weighted by Crippen LogP contribution is -2.48. The van der Waals surface area contributed by atoms with Crippen LogP contribution < -0.4 is 15.0 Å². The van der Waals surface area contributed by atoms with Crippen molar-refractivity contribution < 1.29 is 28.2 Å². The number of aromatic nitrogens is 1. The fraction of sp³-hybridized carbons (Fsp3) is 0.556. The lowest BCUT2D eigenvalue weighted by atomic mass is 9.86. The number of hydrogen-bond acceptors (Lipinski definition) is 6. The first-order valence-corrected chi connectivity index (χ1v) is 15.7. The standard InChI is InChI=1S/C27H37FN2O6Si/c1-17-25(35-3)20-14-18(30-13-7-9-22(34-2)27(30)33)10-11-21(20)36-26(17)23(37(4,5)28)15-24(32)29-12-6-8-19(29)16-31/h7,9-11,13-14,17,19,23,25-26,31H,6,8,12,15-16H2,1-5H3/t17-,19-,23?,25-,26-/m0/s1. The number of carbonyl (C=O) groups excluding carboxylic acids is 1. The second-order valence-corrected chi connectivity index (χ2v) is 14.4. The number of aliphatic hydroxyl groups is 1. The molecule has 0 saturated carbocycles. The minimum Gasteiger partial charge on any atom is -0.491 e. The van der Waals surface area contributed by atoms with Gasteiger partial charge >= 0.3 is 0 Å². The van der Waals surface area contributed by atoms with Gasteiger partial charge in [0, 0.05) is 49.0 Å². The van der Waals surface area contributed by atoms with E-state index in [1.165, 1.54) is 11.7 Å². The Balaban J connectivity index is 1.67. The number of fused-ring (bicyclic) bond motifs is 1. The first-order chi connectivity index (χ1) is 17.6. The van der Waals surface area contributed by atoms with Gasteiger partial charge in [0.25, 0.3) is 5.56 Å². The van der Waals surface area contributed by atoms with E-state index in [0.29, 0.717) is 18.0 Å². The third kappa shape index (κ3) is 5.32. The topological polar surface area (TPSA) is 90.2 Å². The van der Waals surface area contributed by atoms with Crippen LogP contribution in [-0.2, 0) is 9.53 Å². The van der Waals surface area contributed by atoms with E-state index in [1.54, 1.807) is 55.6 Å². The number of methoxy groups -OCH3 is 2. The van der Waals surface area contributed by atoms with Crippen LogP contribution in [0.1, 0.15) is 37.9 Å². The number of ether oxygens (including phenoxy) is 3. The molecule has 0 radical (unpaired) electrons. The molecular weight excluding hydrogens is 495 g/mol. The van der Waals surface area contributed by atoms with Crippen molar-refractivity contribution >= 4 is 14.3 Å². The Morgan fingerprint density at radius 1 is 1.30 bits per heavy atom. The molecule has 3 heterocycles. The zero-order chi connectivity index (χ0) is 26.9. The highest BCUT2D eigenvalue weighted by atomic mass is 28.4. The molecule has 2 aliphatic heterocycles. The molecule has 1 amide bonds. The molecule has 0 aliphatic carbocycles. The molecule has 37 heavy (non-hydrogen) atoms. The van der Waals surface area contributed by atoms with Crippen LogP contribution in [0.25, 0.3) is 5.69 Å². The number of hydrogen-bond donors (Lipinski definition) is 1. The fourth-order valence-corrected chi connectivity index (χ4v) is 7.57. The SMILES string of the molecule is COc1cccn(-c2ccc3c(c2)[C@@H](OC)[C@H](C)[C@@H](C(CC(=O)N2CCC[C@H]2CO)[Si](C)(C)F)O3)c1=O. The number of likely N-dealkylation sites (tertiary alicyclic amines) is 1. The quantitative estimate of drug-likeness (QED) is 0.410. The lowest BCUT2D eigenvalue weighted by molar-refractivity contribution is -0.133. The molecule has 1 aromatic heterocycles. The number of nitrogens with zero attached hydrogens (tertiary/aromatic N) is 2. The largest absolute Gasteiger partial charge is 0.491 e. The van der Waals surface area contributed by atoms with Gasteiger partial charge in [-0.15, -0.1) is 0 Å². The van der Waals surface area contributed by atoms with Crippen molar-refractivity contribution in [2.75, 3.05) is 27.4 Å². The van der Waals surface area contributed by atoms with Crippen LogP contribution in [0.5, 0.6) is 11.5 Å². The second-order valence-electron chi connectivity index (χ2n) is 10.5. The Labute approximate surface area is 218 Å². The summed E-state index contributed by atoms with van der Waals surface area (Å²) in [6.45, 7) is 5.69. The molecule has 1 N–H and O–H groups in total. The Morgan fingerprint density at radius 2 is 2.05 bits per heavy atom. The van der Waals surface area contributed by atoms with E-state index in [9.17, 15) is 14.7 Å². The second kappa shape index (κ2) is 11.0. The van der Waals surface area contributed by atoms with Crippen molar-refractivity contribution in [3.8, 4) is 17.2 Å². The van der Waals surface area contributed by atoms with Crippen LogP contribution in [0.2, 0.25) is 18.6 Å². The Kier molecular flexibility index (Phi) is 8.10. The van der Waals surface area contributed by atoms with Crippen molar-refractivity contribution in [2.45, 2.75) is 63.1 Å². The predicted octanol–water partition coefficient (Wildman–Crippen LogP) is 3.85. The Hall–Kier alpha value is -2.69. The normalized spacial score (nSPS) is 24.4. The van der Waals surface area contributed by atoms with Gasteiger partial charge in [0.2, 0.25) is 14.3 Å². The number of pyridine rings is 1. The summed E-state index contributed by atoms with van der Waals surface area (Å²) in [7, 11) is -0.300. The van der Waals surface area contributed by atoms with Crippen molar-refractivity contribution in [1.82, 2.24) is 9.47 Å². The Morgan fingerprint density at radius 3 is 2.70 bits per heavy atom. The van der Waals surface area contributed by atoms with Crippen LogP contribution in [0.4, 0.5) is 4.11 Å². The van der Waals surface area contributed by atoms with Crippen LogP contribution in [0, 0.1) is 5.92 Å². The molecule has 0 bridgehead atoms. The molecule has 8 nitrogen and oxygen atoms in total. The molecule has 1 fully saturated rings. The van der Waals surface area contributed by atoms with Gasteiger partial charge < -0.3 is 28.3 Å². The highest BCUT2D eigenvalue weighted by Crippen LogP contribution is 2.48. The van der Waals surface area contributed by atoms with E-state index in [2.05, 4.69) is 0 Å². The average Bonchev–Trinajstić information content (AvgIpc) is 3.35. The minimum atomic E-state index is -3.36. The van der Waals surface area contributed by atoms with Crippen molar-refractivity contribution in [1.29, 1.82) is 0 Å². The van der Waals surface area contributed by atoms with Crippen molar-refractivity contribution in [2.24, 2.45) is 5.92 Å². The molecule has 4 rings (SSSR count). The zero-order valence-corrected chi connectivity index (χ0v) is 23.1. The van der Waals surface area contributed by atoms with Gasteiger partial charge in [-0.2, -0.15) is 0 Å². The third-order valence-corrected chi connectivity index (χ3v) is 10.1. The molecule has 1 aromatic carbocycles. The van der Waals surface area contributed by atoms with E-state index >= 15 is 4.11 Å². The monoisotopic (exact) mass is 532 g/mol. The molecule has 10 heteroatoms. The molecule has 1 saturated heterocycles. The zero-order valence-electron chi connectivity index (χ0n) is 22.1. The number of benzene rings is 1. The summed E-state index contributed by atoms with van der Waals surface area (Å²) < 4.78 is 34.8. The van der Waals surface area contributed by atoms with Crippen molar-refractivity contribution in [3.05, 3.63) is 52.4 Å². The van der Waals surface area contributed by atoms with E-state index < -0.39 is 26.2 Å². The number of aliphatic hydroxyl groups excluding tert-OH is 1. The number of amides is 1. The summed E-state index contributed by atoms with van der Waals surface area (Å²) in [5.74, 6) is 0.405. The summed E-state index contributed by atoms with van der Waals surface area (Å²) >= 11 is 0. The maximum absolute atomic E-state index is 15.8. The first-order valence-electron chi connectivity index (χ1n) is 12.8. The smallest absolute Gasteiger partial charge is 0.297 e. The lowest BCUT2D eigenvalue weighted by Gasteiger charge is -2.43. The third-order valence-electron chi connectivity index (χ3n) is 7.80. The molecule has 202 valence electrons. The van der Waals surface area contributed by atoms with Gasteiger partial charge in [-0.25, -0.2) is 0 Å². The highest BCUT2D eigenvalue weighted by molar-refractivity contribution is 6.72. The molecule has 2 aliphatic rings. The van der Waals surface area contributed by atoms with Crippen molar-refractivity contribution in [3.63, 3.8) is 0 Å². The van der Waals surface area contributed by atoms with E-state index in [4.69, 9.17) is 14.2 Å². The van der Waals surface area contributed by atoms with E-state index in [1.807, 2.05) is 13.0 Å². The van der Waals surface area contributed by atoms with Crippen LogP contribution in [-0.4, -0.2) is 68.4 Å². The predicted molar refractivity (Wildman–Crippen MR) is 141 cm³/mol. The van der Waals surface area contributed by atoms with Gasteiger partial charge in [0.05, 0.1) is 25.9 Å². The van der Waals surface area contributed by atoms with Crippen LogP contribution in [0.15, 0.2) is 41.3 Å². The summed E-state index contributed by atoms with van der Waals surface area (Å²) in [5.41, 5.74) is 0.520.